The zero-order chi connectivity index (χ0) is 15.0. The van der Waals surface area contributed by atoms with Crippen LogP contribution >= 0.6 is 0 Å². The van der Waals surface area contributed by atoms with E-state index in [1.165, 1.54) is 12.1 Å². The highest BCUT2D eigenvalue weighted by Gasteiger charge is 2.42. The molecule has 2 N–H and O–H groups in total. The average Bonchev–Trinajstić information content (AvgIpc) is 3.06. The number of hydrogen-bond acceptors (Lipinski definition) is 2. The molecule has 0 aliphatic carbocycles. The van der Waals surface area contributed by atoms with E-state index in [4.69, 9.17) is 0 Å². The number of nitrogens with one attached hydrogen (secondary N) is 2. The first-order valence-corrected chi connectivity index (χ1v) is 7.14. The summed E-state index contributed by atoms with van der Waals surface area (Å²) in [5.74, 6) is -0.256. The van der Waals surface area contributed by atoms with E-state index in [0.717, 1.165) is 25.3 Å². The van der Waals surface area contributed by atoms with Crippen molar-refractivity contribution in [3.05, 3.63) is 35.4 Å². The Balaban J connectivity index is 1.64. The summed E-state index contributed by atoms with van der Waals surface area (Å²) in [5.41, 5.74) is -0.578. The van der Waals surface area contributed by atoms with Crippen molar-refractivity contribution in [2.45, 2.75) is 44.1 Å². The second-order valence-corrected chi connectivity index (χ2v) is 5.76. The van der Waals surface area contributed by atoms with Gasteiger partial charge in [0.15, 0.2) is 0 Å². The number of fused-ring (bicyclic) bond motifs is 2. The zero-order valence-corrected chi connectivity index (χ0v) is 11.4. The molecule has 0 saturated carbocycles. The molecule has 1 aromatic rings. The molecule has 0 aromatic heterocycles. The van der Waals surface area contributed by atoms with Gasteiger partial charge in [0, 0.05) is 18.6 Å². The van der Waals surface area contributed by atoms with Crippen molar-refractivity contribution >= 4 is 5.91 Å². The molecule has 6 heteroatoms. The third-order valence-corrected chi connectivity index (χ3v) is 4.41. The number of halogens is 3. The van der Waals surface area contributed by atoms with E-state index >= 15 is 0 Å². The van der Waals surface area contributed by atoms with Gasteiger partial charge in [-0.1, -0.05) is 18.2 Å². The van der Waals surface area contributed by atoms with E-state index in [1.54, 1.807) is 6.07 Å². The maximum absolute atomic E-state index is 12.9. The molecule has 1 amide bonds. The van der Waals surface area contributed by atoms with Crippen molar-refractivity contribution in [1.82, 2.24) is 10.6 Å². The molecule has 1 aromatic carbocycles. The number of carbonyl (C=O) groups excluding carboxylic acids is 1. The lowest BCUT2D eigenvalue weighted by Crippen LogP contribution is -2.37. The molecule has 114 valence electrons. The summed E-state index contributed by atoms with van der Waals surface area (Å²) < 4.78 is 38.6. The Morgan fingerprint density at radius 2 is 2.05 bits per heavy atom. The van der Waals surface area contributed by atoms with Gasteiger partial charge in [-0.2, -0.15) is 13.2 Å². The fourth-order valence-corrected chi connectivity index (χ4v) is 3.38. The van der Waals surface area contributed by atoms with Crippen LogP contribution in [0.1, 0.15) is 30.4 Å². The third kappa shape index (κ3) is 2.90. The van der Waals surface area contributed by atoms with Crippen LogP contribution in [0.25, 0.3) is 0 Å². The van der Waals surface area contributed by atoms with Gasteiger partial charge < -0.3 is 10.6 Å². The van der Waals surface area contributed by atoms with Crippen LogP contribution in [0.2, 0.25) is 0 Å². The first-order valence-electron chi connectivity index (χ1n) is 7.14. The second-order valence-electron chi connectivity index (χ2n) is 5.76. The van der Waals surface area contributed by atoms with Crippen molar-refractivity contribution in [2.24, 2.45) is 5.92 Å². The molecule has 2 heterocycles. The number of rotatable bonds is 3. The quantitative estimate of drug-likeness (QED) is 0.900. The molecular weight excluding hydrogens is 281 g/mol. The van der Waals surface area contributed by atoms with Crippen LogP contribution in [0.15, 0.2) is 24.3 Å². The second kappa shape index (κ2) is 5.33. The lowest BCUT2D eigenvalue weighted by Gasteiger charge is -2.20. The van der Waals surface area contributed by atoms with Crippen molar-refractivity contribution < 1.29 is 18.0 Å². The van der Waals surface area contributed by atoms with Crippen LogP contribution < -0.4 is 10.6 Å². The lowest BCUT2D eigenvalue weighted by atomic mass is 9.88. The van der Waals surface area contributed by atoms with Gasteiger partial charge in [0.1, 0.15) is 0 Å². The van der Waals surface area contributed by atoms with E-state index < -0.39 is 11.7 Å². The summed E-state index contributed by atoms with van der Waals surface area (Å²) in [5, 5.41) is 6.01. The molecule has 21 heavy (non-hydrogen) atoms. The summed E-state index contributed by atoms with van der Waals surface area (Å²) in [6.45, 7) is -0.0809. The SMILES string of the molecule is O=C(NCc1ccccc1C(F)(F)F)C1CC2CCC1N2. The minimum Gasteiger partial charge on any atom is -0.352 e. The monoisotopic (exact) mass is 298 g/mol. The van der Waals surface area contributed by atoms with Gasteiger partial charge in [-0.15, -0.1) is 0 Å². The molecule has 2 saturated heterocycles. The molecular formula is C15H17F3N2O. The van der Waals surface area contributed by atoms with Crippen LogP contribution in [0.3, 0.4) is 0 Å². The maximum atomic E-state index is 12.9. The predicted molar refractivity (Wildman–Crippen MR) is 71.3 cm³/mol. The fraction of sp³-hybridized carbons (Fsp3) is 0.533. The highest BCUT2D eigenvalue weighted by atomic mass is 19.4. The van der Waals surface area contributed by atoms with E-state index in [1.807, 2.05) is 0 Å². The Morgan fingerprint density at radius 3 is 2.67 bits per heavy atom. The molecule has 3 rings (SSSR count). The molecule has 2 aliphatic heterocycles. The number of hydrogen-bond donors (Lipinski definition) is 2. The van der Waals surface area contributed by atoms with Crippen molar-refractivity contribution in [1.29, 1.82) is 0 Å². The minimum absolute atomic E-state index is 0.0809. The first-order chi connectivity index (χ1) is 9.95. The van der Waals surface area contributed by atoms with Crippen molar-refractivity contribution in [3.8, 4) is 0 Å². The van der Waals surface area contributed by atoms with Crippen LogP contribution in [0.5, 0.6) is 0 Å². The van der Waals surface area contributed by atoms with Gasteiger partial charge in [0.05, 0.1) is 11.5 Å². The zero-order valence-electron chi connectivity index (χ0n) is 11.4. The smallest absolute Gasteiger partial charge is 0.352 e. The van der Waals surface area contributed by atoms with Gasteiger partial charge in [-0.3, -0.25) is 4.79 Å². The number of carbonyl (C=O) groups is 1. The summed E-state index contributed by atoms with van der Waals surface area (Å²) in [6.07, 6.45) is -1.54. The van der Waals surface area contributed by atoms with Crippen LogP contribution in [-0.2, 0) is 17.5 Å². The molecule has 3 nitrogen and oxygen atoms in total. The Hall–Kier alpha value is -1.56. The van der Waals surface area contributed by atoms with E-state index in [-0.39, 0.29) is 30.0 Å². The highest BCUT2D eigenvalue weighted by Crippen LogP contribution is 2.34. The Kier molecular flexibility index (Phi) is 3.65. The van der Waals surface area contributed by atoms with Crippen molar-refractivity contribution in [2.75, 3.05) is 0 Å². The molecule has 2 fully saturated rings. The van der Waals surface area contributed by atoms with E-state index in [2.05, 4.69) is 10.6 Å². The highest BCUT2D eigenvalue weighted by molar-refractivity contribution is 5.80. The largest absolute Gasteiger partial charge is 0.416 e. The summed E-state index contributed by atoms with van der Waals surface area (Å²) in [4.78, 5) is 12.1. The molecule has 3 atom stereocenters. The normalized spacial score (nSPS) is 27.9. The van der Waals surface area contributed by atoms with Gasteiger partial charge in [-0.25, -0.2) is 0 Å². The van der Waals surface area contributed by atoms with Crippen LogP contribution in [0, 0.1) is 5.92 Å². The lowest BCUT2D eigenvalue weighted by molar-refractivity contribution is -0.138. The molecule has 2 aliphatic rings. The van der Waals surface area contributed by atoms with Gasteiger partial charge in [0.2, 0.25) is 5.91 Å². The maximum Gasteiger partial charge on any atom is 0.416 e. The fourth-order valence-electron chi connectivity index (χ4n) is 3.38. The van der Waals surface area contributed by atoms with Gasteiger partial charge >= 0.3 is 6.18 Å². The Morgan fingerprint density at radius 1 is 1.29 bits per heavy atom. The Bertz CT molecular complexity index is 544. The molecule has 2 bridgehead atoms. The van der Waals surface area contributed by atoms with E-state index in [0.29, 0.717) is 6.04 Å². The average molecular weight is 298 g/mol. The van der Waals surface area contributed by atoms with Crippen LogP contribution in [0.4, 0.5) is 13.2 Å². The third-order valence-electron chi connectivity index (χ3n) is 4.41. The Labute approximate surface area is 120 Å². The topological polar surface area (TPSA) is 41.1 Å². The number of amides is 1. The van der Waals surface area contributed by atoms with E-state index in [9.17, 15) is 18.0 Å². The summed E-state index contributed by atoms with van der Waals surface area (Å²) in [7, 11) is 0. The standard InChI is InChI=1S/C15H17F3N2O/c16-15(17,18)12-4-2-1-3-9(12)8-19-14(21)11-7-10-5-6-13(11)20-10/h1-4,10-11,13,20H,5-8H2,(H,19,21). The van der Waals surface area contributed by atoms with Gasteiger partial charge in [-0.05, 0) is 30.9 Å². The minimum atomic E-state index is -4.39. The van der Waals surface area contributed by atoms with Crippen LogP contribution in [-0.4, -0.2) is 18.0 Å². The van der Waals surface area contributed by atoms with Crippen molar-refractivity contribution in [3.63, 3.8) is 0 Å². The number of benzene rings is 1. The predicted octanol–water partition coefficient (Wildman–Crippen LogP) is 2.46. The molecule has 0 spiro atoms. The molecule has 3 unspecified atom stereocenters. The molecule has 0 radical (unpaired) electrons. The number of alkyl halides is 3. The van der Waals surface area contributed by atoms with Gasteiger partial charge in [0.25, 0.3) is 0 Å². The summed E-state index contributed by atoms with van der Waals surface area (Å²) in [6, 6.07) is 5.94. The summed E-state index contributed by atoms with van der Waals surface area (Å²) >= 11 is 0. The first kappa shape index (κ1) is 14.4.